The quantitative estimate of drug-likeness (QED) is 0.657. The largest absolute Gasteiger partial charge is 0.480 e. The summed E-state index contributed by atoms with van der Waals surface area (Å²) in [5.41, 5.74) is -1.47. The van der Waals surface area contributed by atoms with Gasteiger partial charge in [0, 0.05) is 11.8 Å². The first kappa shape index (κ1) is 15.2. The van der Waals surface area contributed by atoms with Gasteiger partial charge in [-0.05, 0) is 24.8 Å². The van der Waals surface area contributed by atoms with Gasteiger partial charge in [0.05, 0.1) is 11.0 Å². The van der Waals surface area contributed by atoms with Gasteiger partial charge in [-0.15, -0.1) is 0 Å². The fourth-order valence-electron chi connectivity index (χ4n) is 2.94. The Balaban J connectivity index is 2.33. The van der Waals surface area contributed by atoms with Crippen molar-refractivity contribution in [2.45, 2.75) is 38.1 Å². The van der Waals surface area contributed by atoms with Crippen LogP contribution in [-0.2, 0) is 4.79 Å². The van der Waals surface area contributed by atoms with Crippen LogP contribution in [0.2, 0.25) is 0 Å². The van der Waals surface area contributed by atoms with Crippen molar-refractivity contribution < 1.29 is 19.2 Å². The standard InChI is InChI=1S/C14H17FN2O4/c1-9-3-2-4-14(8-9,13(18)19)16-11-5-10(15)6-12(7-11)17(20)21/h5-7,9,16H,2-4,8H2,1H3,(H,18,19). The zero-order valence-corrected chi connectivity index (χ0v) is 11.6. The number of aliphatic carboxylic acids is 1. The Labute approximate surface area is 121 Å². The molecule has 1 saturated carbocycles. The van der Waals surface area contributed by atoms with E-state index < -0.39 is 27.9 Å². The normalized spacial score (nSPS) is 25.3. The maximum absolute atomic E-state index is 13.5. The van der Waals surface area contributed by atoms with E-state index in [0.29, 0.717) is 12.8 Å². The van der Waals surface area contributed by atoms with E-state index in [1.807, 2.05) is 6.92 Å². The first-order chi connectivity index (χ1) is 9.82. The van der Waals surface area contributed by atoms with Gasteiger partial charge >= 0.3 is 5.97 Å². The summed E-state index contributed by atoms with van der Waals surface area (Å²) in [4.78, 5) is 21.7. The molecule has 2 rings (SSSR count). The van der Waals surface area contributed by atoms with Gasteiger partial charge in [-0.3, -0.25) is 10.1 Å². The van der Waals surface area contributed by atoms with Crippen LogP contribution in [0.5, 0.6) is 0 Å². The molecular formula is C14H17FN2O4. The molecule has 0 aromatic heterocycles. The summed E-state index contributed by atoms with van der Waals surface area (Å²) >= 11 is 0. The SMILES string of the molecule is CC1CCCC(Nc2cc(F)cc([N+](=O)[O-])c2)(C(=O)O)C1. The highest BCUT2D eigenvalue weighted by atomic mass is 19.1. The smallest absolute Gasteiger partial charge is 0.329 e. The number of halogens is 1. The van der Waals surface area contributed by atoms with Gasteiger partial charge in [0.25, 0.3) is 5.69 Å². The second kappa shape index (κ2) is 5.67. The number of nitrogens with one attached hydrogen (secondary N) is 1. The minimum absolute atomic E-state index is 0.123. The summed E-state index contributed by atoms with van der Waals surface area (Å²) in [7, 11) is 0. The highest BCUT2D eigenvalue weighted by Gasteiger charge is 2.42. The molecule has 1 aromatic rings. The Bertz CT molecular complexity index is 578. The molecule has 21 heavy (non-hydrogen) atoms. The summed E-state index contributed by atoms with van der Waals surface area (Å²) < 4.78 is 13.5. The maximum Gasteiger partial charge on any atom is 0.329 e. The van der Waals surface area contributed by atoms with Crippen molar-refractivity contribution in [3.63, 3.8) is 0 Å². The van der Waals surface area contributed by atoms with Gasteiger partial charge in [0.2, 0.25) is 0 Å². The van der Waals surface area contributed by atoms with Crippen LogP contribution in [0.4, 0.5) is 15.8 Å². The lowest BCUT2D eigenvalue weighted by Gasteiger charge is -2.37. The molecule has 7 heteroatoms. The van der Waals surface area contributed by atoms with Crippen molar-refractivity contribution in [3.05, 3.63) is 34.1 Å². The fourth-order valence-corrected chi connectivity index (χ4v) is 2.94. The number of nitrogens with zero attached hydrogens (tertiary/aromatic N) is 1. The van der Waals surface area contributed by atoms with Crippen molar-refractivity contribution in [1.82, 2.24) is 0 Å². The van der Waals surface area contributed by atoms with Crippen LogP contribution >= 0.6 is 0 Å². The van der Waals surface area contributed by atoms with Gasteiger partial charge in [0.15, 0.2) is 0 Å². The third-order valence-corrected chi connectivity index (χ3v) is 3.88. The molecule has 0 spiro atoms. The molecular weight excluding hydrogens is 279 g/mol. The highest BCUT2D eigenvalue weighted by molar-refractivity contribution is 5.83. The lowest BCUT2D eigenvalue weighted by atomic mass is 9.76. The number of rotatable bonds is 4. The number of hydrogen-bond acceptors (Lipinski definition) is 4. The fraction of sp³-hybridized carbons (Fsp3) is 0.500. The van der Waals surface area contributed by atoms with Crippen molar-refractivity contribution in [2.75, 3.05) is 5.32 Å². The van der Waals surface area contributed by atoms with Crippen LogP contribution in [0, 0.1) is 21.8 Å². The van der Waals surface area contributed by atoms with Crippen molar-refractivity contribution in [2.24, 2.45) is 5.92 Å². The zero-order chi connectivity index (χ0) is 15.6. The van der Waals surface area contributed by atoms with Crippen LogP contribution in [0.3, 0.4) is 0 Å². The molecule has 0 saturated heterocycles. The summed E-state index contributed by atoms with van der Waals surface area (Å²) in [6, 6.07) is 3.05. The van der Waals surface area contributed by atoms with Gasteiger partial charge in [-0.2, -0.15) is 0 Å². The zero-order valence-electron chi connectivity index (χ0n) is 11.6. The Kier molecular flexibility index (Phi) is 4.11. The number of non-ortho nitro benzene ring substituents is 1. The number of carbonyl (C=O) groups is 1. The molecule has 0 aliphatic heterocycles. The van der Waals surface area contributed by atoms with Crippen LogP contribution in [0.15, 0.2) is 18.2 Å². The maximum atomic E-state index is 13.5. The number of hydrogen-bond donors (Lipinski definition) is 2. The van der Waals surface area contributed by atoms with E-state index in [2.05, 4.69) is 5.32 Å². The van der Waals surface area contributed by atoms with Gasteiger partial charge in [0.1, 0.15) is 11.4 Å². The molecule has 1 aliphatic rings. The number of nitro benzene ring substituents is 1. The molecule has 1 aromatic carbocycles. The second-order valence-corrected chi connectivity index (χ2v) is 5.67. The molecule has 114 valence electrons. The number of benzene rings is 1. The average Bonchev–Trinajstić information content (AvgIpc) is 2.37. The minimum atomic E-state index is -1.20. The average molecular weight is 296 g/mol. The van der Waals surface area contributed by atoms with Gasteiger partial charge in [-0.25, -0.2) is 9.18 Å². The third-order valence-electron chi connectivity index (χ3n) is 3.88. The van der Waals surface area contributed by atoms with E-state index in [1.165, 1.54) is 0 Å². The first-order valence-corrected chi connectivity index (χ1v) is 6.79. The number of anilines is 1. The van der Waals surface area contributed by atoms with Gasteiger partial charge in [-0.1, -0.05) is 19.8 Å². The molecule has 6 nitrogen and oxygen atoms in total. The molecule has 2 N–H and O–H groups in total. The van der Waals surface area contributed by atoms with E-state index in [-0.39, 0.29) is 11.6 Å². The van der Waals surface area contributed by atoms with Crippen molar-refractivity contribution >= 4 is 17.3 Å². The van der Waals surface area contributed by atoms with Crippen LogP contribution in [0.25, 0.3) is 0 Å². The Hall–Kier alpha value is -2.18. The Morgan fingerprint density at radius 3 is 2.81 bits per heavy atom. The summed E-state index contributed by atoms with van der Waals surface area (Å²) in [5.74, 6) is -1.55. The van der Waals surface area contributed by atoms with E-state index in [0.717, 1.165) is 31.0 Å². The van der Waals surface area contributed by atoms with Crippen LogP contribution < -0.4 is 5.32 Å². The number of nitro groups is 1. The molecule has 1 aliphatic carbocycles. The summed E-state index contributed by atoms with van der Waals surface area (Å²) in [5, 5.41) is 23.1. The number of carboxylic acid groups (broad SMARTS) is 1. The Morgan fingerprint density at radius 2 is 2.24 bits per heavy atom. The first-order valence-electron chi connectivity index (χ1n) is 6.79. The Morgan fingerprint density at radius 1 is 1.52 bits per heavy atom. The molecule has 0 heterocycles. The molecule has 0 bridgehead atoms. The monoisotopic (exact) mass is 296 g/mol. The van der Waals surface area contributed by atoms with E-state index in [4.69, 9.17) is 0 Å². The van der Waals surface area contributed by atoms with E-state index in [1.54, 1.807) is 0 Å². The molecule has 1 fully saturated rings. The molecule has 2 atom stereocenters. The van der Waals surface area contributed by atoms with E-state index >= 15 is 0 Å². The highest BCUT2D eigenvalue weighted by Crippen LogP contribution is 2.36. The van der Waals surface area contributed by atoms with Crippen LogP contribution in [-0.4, -0.2) is 21.5 Å². The summed E-state index contributed by atoms with van der Waals surface area (Å²) in [6.45, 7) is 1.96. The van der Waals surface area contributed by atoms with Crippen molar-refractivity contribution in [3.8, 4) is 0 Å². The predicted octanol–water partition coefficient (Wildman–Crippen LogP) is 3.18. The van der Waals surface area contributed by atoms with Crippen LogP contribution in [0.1, 0.15) is 32.6 Å². The van der Waals surface area contributed by atoms with E-state index in [9.17, 15) is 24.4 Å². The lowest BCUT2D eigenvalue weighted by Crippen LogP contribution is -2.49. The molecule has 2 unspecified atom stereocenters. The topological polar surface area (TPSA) is 92.5 Å². The predicted molar refractivity (Wildman–Crippen MR) is 74.7 cm³/mol. The van der Waals surface area contributed by atoms with Gasteiger partial charge < -0.3 is 10.4 Å². The second-order valence-electron chi connectivity index (χ2n) is 5.67. The minimum Gasteiger partial charge on any atom is -0.480 e. The van der Waals surface area contributed by atoms with Crippen molar-refractivity contribution in [1.29, 1.82) is 0 Å². The third kappa shape index (κ3) is 3.29. The lowest BCUT2D eigenvalue weighted by molar-refractivity contribution is -0.385. The molecule has 0 radical (unpaired) electrons. The number of carboxylic acids is 1. The molecule has 0 amide bonds. The summed E-state index contributed by atoms with van der Waals surface area (Å²) in [6.07, 6.45) is 2.52.